The van der Waals surface area contributed by atoms with E-state index in [9.17, 15) is 4.79 Å². The largest absolute Gasteiger partial charge is 0.489 e. The van der Waals surface area contributed by atoms with E-state index in [4.69, 9.17) is 14.2 Å². The Bertz CT molecular complexity index is 977. The standard InChI is InChI=1S/C23H20O4/c1-23(2)26-20-13-7-12-19(21(20)22(24)27-23)17-10-6-11-18(14-17)25-15-16-8-4-3-5-9-16/h3-14H,15H2,1-2H3. The van der Waals surface area contributed by atoms with Crippen molar-refractivity contribution in [1.82, 2.24) is 0 Å². The lowest BCUT2D eigenvalue weighted by Gasteiger charge is -2.32. The number of esters is 1. The van der Waals surface area contributed by atoms with Crippen molar-refractivity contribution < 1.29 is 19.0 Å². The summed E-state index contributed by atoms with van der Waals surface area (Å²) in [5.41, 5.74) is 3.17. The molecule has 4 heteroatoms. The lowest BCUT2D eigenvalue weighted by molar-refractivity contribution is -0.127. The van der Waals surface area contributed by atoms with E-state index in [0.29, 0.717) is 17.9 Å². The minimum Gasteiger partial charge on any atom is -0.489 e. The van der Waals surface area contributed by atoms with Gasteiger partial charge >= 0.3 is 5.97 Å². The Morgan fingerprint density at radius 2 is 1.67 bits per heavy atom. The van der Waals surface area contributed by atoms with E-state index in [1.54, 1.807) is 19.9 Å². The van der Waals surface area contributed by atoms with Gasteiger partial charge in [0, 0.05) is 19.4 Å². The van der Waals surface area contributed by atoms with Crippen LogP contribution in [0.2, 0.25) is 0 Å². The molecule has 3 aromatic rings. The lowest BCUT2D eigenvalue weighted by Crippen LogP contribution is -2.39. The zero-order valence-corrected chi connectivity index (χ0v) is 15.3. The maximum Gasteiger partial charge on any atom is 0.345 e. The third kappa shape index (κ3) is 3.65. The number of fused-ring (bicyclic) bond motifs is 1. The molecule has 0 N–H and O–H groups in total. The predicted octanol–water partition coefficient (Wildman–Crippen LogP) is 5.22. The van der Waals surface area contributed by atoms with E-state index in [1.165, 1.54) is 0 Å². The number of ether oxygens (including phenoxy) is 3. The lowest BCUT2D eigenvalue weighted by atomic mass is 9.98. The van der Waals surface area contributed by atoms with Crippen molar-refractivity contribution in [3.05, 3.63) is 83.9 Å². The summed E-state index contributed by atoms with van der Waals surface area (Å²) in [6.45, 7) is 3.92. The van der Waals surface area contributed by atoms with Crippen molar-refractivity contribution in [1.29, 1.82) is 0 Å². The van der Waals surface area contributed by atoms with Gasteiger partial charge in [-0.05, 0) is 29.3 Å². The minimum absolute atomic E-state index is 0.382. The van der Waals surface area contributed by atoms with Gasteiger partial charge in [-0.2, -0.15) is 0 Å². The highest BCUT2D eigenvalue weighted by atomic mass is 16.7. The zero-order chi connectivity index (χ0) is 18.9. The molecule has 0 radical (unpaired) electrons. The van der Waals surface area contributed by atoms with Gasteiger partial charge in [0.1, 0.15) is 23.7 Å². The van der Waals surface area contributed by atoms with Crippen LogP contribution in [0.5, 0.6) is 11.5 Å². The third-order valence-electron chi connectivity index (χ3n) is 4.32. The summed E-state index contributed by atoms with van der Waals surface area (Å²) in [5, 5.41) is 0. The fourth-order valence-electron chi connectivity index (χ4n) is 3.12. The van der Waals surface area contributed by atoms with Crippen LogP contribution in [0.1, 0.15) is 29.8 Å². The first-order valence-corrected chi connectivity index (χ1v) is 8.84. The van der Waals surface area contributed by atoms with Crippen LogP contribution in [-0.2, 0) is 11.3 Å². The highest BCUT2D eigenvalue weighted by Gasteiger charge is 2.35. The Balaban J connectivity index is 1.64. The molecule has 0 aliphatic carbocycles. The van der Waals surface area contributed by atoms with Crippen molar-refractivity contribution in [2.24, 2.45) is 0 Å². The number of rotatable bonds is 4. The predicted molar refractivity (Wildman–Crippen MR) is 103 cm³/mol. The van der Waals surface area contributed by atoms with Gasteiger partial charge in [0.2, 0.25) is 5.79 Å². The van der Waals surface area contributed by atoms with Crippen LogP contribution in [0.25, 0.3) is 11.1 Å². The van der Waals surface area contributed by atoms with Crippen LogP contribution in [0.15, 0.2) is 72.8 Å². The van der Waals surface area contributed by atoms with E-state index in [1.807, 2.05) is 66.7 Å². The van der Waals surface area contributed by atoms with Crippen LogP contribution in [0.3, 0.4) is 0 Å². The Kier molecular flexibility index (Phi) is 4.32. The Morgan fingerprint density at radius 1 is 0.889 bits per heavy atom. The highest BCUT2D eigenvalue weighted by molar-refractivity contribution is 6.01. The Labute approximate surface area is 158 Å². The number of cyclic esters (lactones) is 1. The van der Waals surface area contributed by atoms with E-state index >= 15 is 0 Å². The number of carbonyl (C=O) groups is 1. The average Bonchev–Trinajstić information content (AvgIpc) is 2.66. The van der Waals surface area contributed by atoms with Crippen molar-refractivity contribution in [3.8, 4) is 22.6 Å². The van der Waals surface area contributed by atoms with Gasteiger partial charge in [0.15, 0.2) is 0 Å². The van der Waals surface area contributed by atoms with Crippen LogP contribution in [0.4, 0.5) is 0 Å². The van der Waals surface area contributed by atoms with Gasteiger partial charge in [-0.1, -0.05) is 54.6 Å². The number of benzene rings is 3. The molecule has 0 atom stereocenters. The first kappa shape index (κ1) is 17.2. The average molecular weight is 360 g/mol. The number of carbonyl (C=O) groups excluding carboxylic acids is 1. The van der Waals surface area contributed by atoms with Crippen LogP contribution >= 0.6 is 0 Å². The van der Waals surface area contributed by atoms with E-state index < -0.39 is 5.79 Å². The molecule has 0 unspecified atom stereocenters. The van der Waals surface area contributed by atoms with Crippen molar-refractivity contribution in [2.45, 2.75) is 26.2 Å². The summed E-state index contributed by atoms with van der Waals surface area (Å²) in [4.78, 5) is 12.6. The molecule has 4 nitrogen and oxygen atoms in total. The van der Waals surface area contributed by atoms with E-state index in [-0.39, 0.29) is 5.97 Å². The molecule has 4 rings (SSSR count). The maximum atomic E-state index is 12.6. The minimum atomic E-state index is -0.969. The van der Waals surface area contributed by atoms with Crippen LogP contribution in [0, 0.1) is 0 Å². The molecule has 0 saturated carbocycles. The smallest absolute Gasteiger partial charge is 0.345 e. The molecule has 1 aliphatic rings. The molecule has 0 aromatic heterocycles. The van der Waals surface area contributed by atoms with Gasteiger partial charge in [0.25, 0.3) is 0 Å². The molecule has 1 heterocycles. The molecule has 27 heavy (non-hydrogen) atoms. The normalized spacial score (nSPS) is 14.7. The molecule has 3 aromatic carbocycles. The Morgan fingerprint density at radius 3 is 2.48 bits per heavy atom. The van der Waals surface area contributed by atoms with E-state index in [2.05, 4.69) is 0 Å². The second-order valence-electron chi connectivity index (χ2n) is 6.87. The fraction of sp³-hybridized carbons (Fsp3) is 0.174. The van der Waals surface area contributed by atoms with Crippen molar-refractivity contribution >= 4 is 5.97 Å². The zero-order valence-electron chi connectivity index (χ0n) is 15.3. The van der Waals surface area contributed by atoms with Gasteiger partial charge < -0.3 is 14.2 Å². The highest BCUT2D eigenvalue weighted by Crippen LogP contribution is 2.38. The molecule has 0 amide bonds. The molecule has 0 fully saturated rings. The number of hydrogen-bond donors (Lipinski definition) is 0. The van der Waals surface area contributed by atoms with Crippen LogP contribution in [-0.4, -0.2) is 11.8 Å². The molecular formula is C23H20O4. The third-order valence-corrected chi connectivity index (χ3v) is 4.32. The molecule has 0 bridgehead atoms. The van der Waals surface area contributed by atoms with Crippen molar-refractivity contribution in [2.75, 3.05) is 0 Å². The van der Waals surface area contributed by atoms with E-state index in [0.717, 1.165) is 22.4 Å². The fourth-order valence-corrected chi connectivity index (χ4v) is 3.12. The van der Waals surface area contributed by atoms with Crippen LogP contribution < -0.4 is 9.47 Å². The van der Waals surface area contributed by atoms with Gasteiger partial charge in [-0.3, -0.25) is 0 Å². The molecule has 1 aliphatic heterocycles. The first-order valence-electron chi connectivity index (χ1n) is 8.84. The quantitative estimate of drug-likeness (QED) is 0.599. The first-order chi connectivity index (χ1) is 13.0. The summed E-state index contributed by atoms with van der Waals surface area (Å²) in [5.74, 6) is -0.0835. The monoisotopic (exact) mass is 360 g/mol. The second kappa shape index (κ2) is 6.80. The Hall–Kier alpha value is -3.27. The SMILES string of the molecule is CC1(C)OC(=O)c2c(cccc2-c2cccc(OCc3ccccc3)c2)O1. The molecule has 0 saturated heterocycles. The summed E-state index contributed by atoms with van der Waals surface area (Å²) in [6, 6.07) is 23.2. The molecule has 0 spiro atoms. The summed E-state index contributed by atoms with van der Waals surface area (Å²) >= 11 is 0. The maximum absolute atomic E-state index is 12.6. The molecular weight excluding hydrogens is 340 g/mol. The molecule has 136 valence electrons. The van der Waals surface area contributed by atoms with Gasteiger partial charge in [-0.15, -0.1) is 0 Å². The summed E-state index contributed by atoms with van der Waals surface area (Å²) in [6.07, 6.45) is 0. The second-order valence-corrected chi connectivity index (χ2v) is 6.87. The van der Waals surface area contributed by atoms with Crippen molar-refractivity contribution in [3.63, 3.8) is 0 Å². The summed E-state index contributed by atoms with van der Waals surface area (Å²) < 4.78 is 17.1. The topological polar surface area (TPSA) is 44.8 Å². The van der Waals surface area contributed by atoms with Gasteiger partial charge in [0.05, 0.1) is 0 Å². The van der Waals surface area contributed by atoms with Gasteiger partial charge in [-0.25, -0.2) is 4.79 Å². The summed E-state index contributed by atoms with van der Waals surface area (Å²) in [7, 11) is 0. The number of hydrogen-bond acceptors (Lipinski definition) is 4.